The summed E-state index contributed by atoms with van der Waals surface area (Å²) >= 11 is 13.5. The summed E-state index contributed by atoms with van der Waals surface area (Å²) in [5.41, 5.74) is 7.60. The largest absolute Gasteiger partial charge is 0.388 e. The Bertz CT molecular complexity index is 1360. The first-order chi connectivity index (χ1) is 17.4. The van der Waals surface area contributed by atoms with Crippen molar-refractivity contribution in [3.8, 4) is 0 Å². The SMILES string of the molecule is CC[C@H](COS(N)(=O)=O)[C@@H](O)[C@@H](O)Nc1ncncc1C(=O)c1cc(C(N)c2cccc(Cl)c2)c(Cl)s1. The van der Waals surface area contributed by atoms with Gasteiger partial charge < -0.3 is 21.3 Å². The van der Waals surface area contributed by atoms with E-state index >= 15 is 0 Å². The Morgan fingerprint density at radius 1 is 1.27 bits per heavy atom. The molecule has 0 saturated carbocycles. The van der Waals surface area contributed by atoms with Crippen LogP contribution in [0.25, 0.3) is 0 Å². The number of ketones is 1. The lowest BCUT2D eigenvalue weighted by atomic mass is 9.99. The molecule has 1 aromatic carbocycles. The normalized spacial score (nSPS) is 15.1. The highest BCUT2D eigenvalue weighted by Crippen LogP contribution is 2.36. The highest BCUT2D eigenvalue weighted by Gasteiger charge is 2.29. The lowest BCUT2D eigenvalue weighted by molar-refractivity contribution is -0.0163. The van der Waals surface area contributed by atoms with Crippen LogP contribution < -0.4 is 16.2 Å². The van der Waals surface area contributed by atoms with Gasteiger partial charge in [-0.2, -0.15) is 8.42 Å². The second-order valence-corrected chi connectivity index (χ2v) is 11.3. The van der Waals surface area contributed by atoms with Gasteiger partial charge in [0.1, 0.15) is 18.2 Å². The fourth-order valence-electron chi connectivity index (χ4n) is 3.45. The number of nitrogens with two attached hydrogens (primary N) is 2. The van der Waals surface area contributed by atoms with Gasteiger partial charge in [-0.05, 0) is 30.2 Å². The molecule has 0 aliphatic rings. The second-order valence-electron chi connectivity index (χ2n) is 8.01. The summed E-state index contributed by atoms with van der Waals surface area (Å²) in [6, 6.07) is 7.92. The zero-order valence-corrected chi connectivity index (χ0v) is 22.6. The average Bonchev–Trinajstić information content (AvgIpc) is 3.24. The van der Waals surface area contributed by atoms with Gasteiger partial charge in [0.2, 0.25) is 5.78 Å². The number of carbonyl (C=O) groups is 1. The van der Waals surface area contributed by atoms with Crippen LogP contribution in [0.2, 0.25) is 9.36 Å². The molecule has 2 aromatic heterocycles. The van der Waals surface area contributed by atoms with Crippen molar-refractivity contribution >= 4 is 56.4 Å². The maximum absolute atomic E-state index is 13.3. The Balaban J connectivity index is 1.81. The molecule has 15 heteroatoms. The number of benzene rings is 1. The van der Waals surface area contributed by atoms with E-state index in [9.17, 15) is 23.4 Å². The fourth-order valence-corrected chi connectivity index (χ4v) is 5.32. The van der Waals surface area contributed by atoms with E-state index in [1.165, 1.54) is 6.20 Å². The first kappa shape index (κ1) is 29.4. The van der Waals surface area contributed by atoms with E-state index in [0.717, 1.165) is 17.7 Å². The number of aliphatic hydroxyl groups excluding tert-OH is 2. The molecular weight excluding hydrogens is 565 g/mol. The number of hydrogen-bond donors (Lipinski definition) is 5. The Labute approximate surface area is 227 Å². The average molecular weight is 591 g/mol. The van der Waals surface area contributed by atoms with Crippen LogP contribution in [-0.4, -0.2) is 53.3 Å². The minimum absolute atomic E-state index is 0.00313. The highest BCUT2D eigenvalue weighted by atomic mass is 35.5. The van der Waals surface area contributed by atoms with Crippen molar-refractivity contribution in [3.05, 3.63) is 73.8 Å². The predicted octanol–water partition coefficient (Wildman–Crippen LogP) is 2.46. The maximum Gasteiger partial charge on any atom is 0.333 e. The second kappa shape index (κ2) is 12.6. The minimum atomic E-state index is -4.23. The Morgan fingerprint density at radius 3 is 2.65 bits per heavy atom. The standard InChI is InChI=1S/C22H25Cl2N5O6S2/c1-2-11(9-35-37(26,33)34)18(30)22(32)29-21-15(8-27-10-28-21)19(31)16-7-14(20(24)36-16)17(25)12-4-3-5-13(23)6-12/h3-8,10-11,17-18,22,30,32H,2,9,25H2,1H3,(H2,26,33,34)(H,27,28,29)/t11-,17?,18-,22-/m1/s1. The molecule has 0 bridgehead atoms. The van der Waals surface area contributed by atoms with E-state index in [4.69, 9.17) is 34.1 Å². The van der Waals surface area contributed by atoms with Gasteiger partial charge in [-0.3, -0.25) is 8.98 Å². The first-order valence-corrected chi connectivity index (χ1v) is 13.9. The summed E-state index contributed by atoms with van der Waals surface area (Å²) in [4.78, 5) is 21.5. The predicted molar refractivity (Wildman–Crippen MR) is 141 cm³/mol. The molecule has 11 nitrogen and oxygen atoms in total. The van der Waals surface area contributed by atoms with Gasteiger partial charge in [0.05, 0.1) is 27.4 Å². The number of hydrogen-bond acceptors (Lipinski definition) is 11. The van der Waals surface area contributed by atoms with Crippen molar-refractivity contribution in [1.29, 1.82) is 0 Å². The van der Waals surface area contributed by atoms with Crippen molar-refractivity contribution in [3.63, 3.8) is 0 Å². The van der Waals surface area contributed by atoms with Gasteiger partial charge in [0, 0.05) is 22.7 Å². The third-order valence-corrected chi connectivity index (χ3v) is 7.59. The van der Waals surface area contributed by atoms with Gasteiger partial charge in [0.15, 0.2) is 6.23 Å². The van der Waals surface area contributed by atoms with E-state index < -0.39 is 47.0 Å². The molecule has 0 spiro atoms. The summed E-state index contributed by atoms with van der Waals surface area (Å²) in [5, 5.41) is 29.0. The number of anilines is 1. The van der Waals surface area contributed by atoms with E-state index in [-0.39, 0.29) is 22.7 Å². The van der Waals surface area contributed by atoms with E-state index in [1.54, 1.807) is 37.3 Å². The summed E-state index contributed by atoms with van der Waals surface area (Å²) < 4.78 is 27.0. The van der Waals surface area contributed by atoms with Gasteiger partial charge in [-0.15, -0.1) is 11.3 Å². The third-order valence-electron chi connectivity index (χ3n) is 5.50. The highest BCUT2D eigenvalue weighted by molar-refractivity contribution is 7.84. The Hall–Kier alpha value is -2.20. The molecule has 3 rings (SSSR count). The molecule has 3 aromatic rings. The lowest BCUT2D eigenvalue weighted by Crippen LogP contribution is -2.41. The molecule has 4 atom stereocenters. The van der Waals surface area contributed by atoms with Gasteiger partial charge in [0.25, 0.3) is 0 Å². The number of nitrogens with zero attached hydrogens (tertiary/aromatic N) is 2. The van der Waals surface area contributed by atoms with Crippen LogP contribution in [0.3, 0.4) is 0 Å². The van der Waals surface area contributed by atoms with Crippen LogP contribution in [0.1, 0.15) is 45.7 Å². The fraction of sp³-hybridized carbons (Fsp3) is 0.318. The van der Waals surface area contributed by atoms with E-state index in [2.05, 4.69) is 19.5 Å². The number of carbonyl (C=O) groups excluding carboxylic acids is 1. The molecule has 0 aliphatic heterocycles. The van der Waals surface area contributed by atoms with Crippen molar-refractivity contribution in [1.82, 2.24) is 9.97 Å². The van der Waals surface area contributed by atoms with Crippen LogP contribution in [-0.2, 0) is 14.5 Å². The number of halogens is 2. The molecular formula is C22H25Cl2N5O6S2. The molecule has 0 saturated heterocycles. The van der Waals surface area contributed by atoms with Gasteiger partial charge >= 0.3 is 10.3 Å². The van der Waals surface area contributed by atoms with Gasteiger partial charge in [-0.25, -0.2) is 15.1 Å². The van der Waals surface area contributed by atoms with Crippen molar-refractivity contribution < 1.29 is 27.6 Å². The number of nitrogens with one attached hydrogen (secondary N) is 1. The summed E-state index contributed by atoms with van der Waals surface area (Å²) in [7, 11) is -4.23. The first-order valence-electron chi connectivity index (χ1n) is 10.9. The van der Waals surface area contributed by atoms with Crippen molar-refractivity contribution in [2.24, 2.45) is 16.8 Å². The molecule has 0 amide bonds. The Kier molecular flexibility index (Phi) is 9.97. The lowest BCUT2D eigenvalue weighted by Gasteiger charge is -2.26. The number of aromatic nitrogens is 2. The maximum atomic E-state index is 13.3. The molecule has 0 aliphatic carbocycles. The van der Waals surface area contributed by atoms with Crippen molar-refractivity contribution in [2.75, 3.05) is 11.9 Å². The molecule has 200 valence electrons. The zero-order chi connectivity index (χ0) is 27.3. The van der Waals surface area contributed by atoms with Crippen LogP contribution >= 0.6 is 34.5 Å². The number of rotatable bonds is 12. The van der Waals surface area contributed by atoms with E-state index in [1.807, 2.05) is 0 Å². The molecule has 0 radical (unpaired) electrons. The topological polar surface area (TPSA) is 191 Å². The molecule has 2 heterocycles. The Morgan fingerprint density at radius 2 is 2.00 bits per heavy atom. The van der Waals surface area contributed by atoms with Crippen LogP contribution in [0.4, 0.5) is 5.82 Å². The zero-order valence-electron chi connectivity index (χ0n) is 19.4. The summed E-state index contributed by atoms with van der Waals surface area (Å²) in [5.74, 6) is -1.35. The third kappa shape index (κ3) is 7.66. The molecule has 37 heavy (non-hydrogen) atoms. The molecule has 1 unspecified atom stereocenters. The number of thiophene rings is 1. The smallest absolute Gasteiger partial charge is 0.333 e. The molecule has 7 N–H and O–H groups in total. The van der Waals surface area contributed by atoms with Crippen molar-refractivity contribution in [2.45, 2.75) is 31.7 Å². The monoisotopic (exact) mass is 589 g/mol. The number of aliphatic hydroxyl groups is 2. The minimum Gasteiger partial charge on any atom is -0.388 e. The van der Waals surface area contributed by atoms with Crippen LogP contribution in [0.15, 0.2) is 42.9 Å². The molecule has 0 fully saturated rings. The van der Waals surface area contributed by atoms with Crippen LogP contribution in [0.5, 0.6) is 0 Å². The van der Waals surface area contributed by atoms with Crippen LogP contribution in [0, 0.1) is 5.92 Å². The summed E-state index contributed by atoms with van der Waals surface area (Å²) in [6.45, 7) is 1.22. The quantitative estimate of drug-likeness (QED) is 0.155. The van der Waals surface area contributed by atoms with E-state index in [0.29, 0.717) is 20.5 Å². The van der Waals surface area contributed by atoms with Gasteiger partial charge in [-0.1, -0.05) is 42.3 Å². The summed E-state index contributed by atoms with van der Waals surface area (Å²) in [6.07, 6.45) is -0.449.